The van der Waals surface area contributed by atoms with Gasteiger partial charge in [-0.1, -0.05) is 42.8 Å². The quantitative estimate of drug-likeness (QED) is 0.733. The number of ether oxygens (including phenoxy) is 1. The van der Waals surface area contributed by atoms with E-state index in [2.05, 4.69) is 55.8 Å². The second-order valence-corrected chi connectivity index (χ2v) is 5.41. The summed E-state index contributed by atoms with van der Waals surface area (Å²) in [6.45, 7) is 8.75. The van der Waals surface area contributed by atoms with Gasteiger partial charge in [-0.2, -0.15) is 0 Å². The van der Waals surface area contributed by atoms with Crippen LogP contribution < -0.4 is 4.74 Å². The van der Waals surface area contributed by atoms with E-state index < -0.39 is 0 Å². The third kappa shape index (κ3) is 2.75. The Morgan fingerprint density at radius 3 is 2.27 bits per heavy atom. The average molecular weight is 271 g/mol. The largest absolute Gasteiger partial charge is 0.496 e. The highest BCUT2D eigenvalue weighted by molar-refractivity contribution is 9.08. The Hall–Kier alpha value is -0.500. The summed E-state index contributed by atoms with van der Waals surface area (Å²) in [6.07, 6.45) is 0. The van der Waals surface area contributed by atoms with Gasteiger partial charge in [0.25, 0.3) is 0 Å². The minimum absolute atomic E-state index is 0.165. The molecule has 15 heavy (non-hydrogen) atoms. The van der Waals surface area contributed by atoms with Crippen molar-refractivity contribution < 1.29 is 4.74 Å². The normalized spacial score (nSPS) is 11.6. The third-order valence-corrected chi connectivity index (χ3v) is 3.30. The van der Waals surface area contributed by atoms with Crippen molar-refractivity contribution in [2.75, 3.05) is 7.11 Å². The highest BCUT2D eigenvalue weighted by Crippen LogP contribution is 2.31. The molecule has 0 aliphatic rings. The Kier molecular flexibility index (Phi) is 3.82. The van der Waals surface area contributed by atoms with Crippen LogP contribution in [0.15, 0.2) is 12.1 Å². The lowest BCUT2D eigenvalue weighted by atomic mass is 9.85. The van der Waals surface area contributed by atoms with Crippen molar-refractivity contribution in [1.82, 2.24) is 0 Å². The molecule has 0 unspecified atom stereocenters. The maximum atomic E-state index is 5.40. The number of alkyl halides is 1. The molecule has 0 aromatic heterocycles. The predicted octanol–water partition coefficient (Wildman–Crippen LogP) is 4.20. The van der Waals surface area contributed by atoms with Crippen LogP contribution in [0.25, 0.3) is 0 Å². The fraction of sp³-hybridized carbons (Fsp3) is 0.538. The number of hydrogen-bond donors (Lipinski definition) is 0. The van der Waals surface area contributed by atoms with Gasteiger partial charge in [-0.3, -0.25) is 0 Å². The standard InChI is InChI=1S/C13H19BrO/c1-9-10(8-14)6-11(13(2,3)4)7-12(9)15-5/h6-7H,8H2,1-5H3. The van der Waals surface area contributed by atoms with Gasteiger partial charge in [0.15, 0.2) is 0 Å². The predicted molar refractivity (Wildman–Crippen MR) is 69.1 cm³/mol. The summed E-state index contributed by atoms with van der Waals surface area (Å²) in [4.78, 5) is 0. The highest BCUT2D eigenvalue weighted by atomic mass is 79.9. The van der Waals surface area contributed by atoms with Crippen molar-refractivity contribution in [3.05, 3.63) is 28.8 Å². The molecular formula is C13H19BrO. The number of hydrogen-bond acceptors (Lipinski definition) is 1. The van der Waals surface area contributed by atoms with E-state index in [0.29, 0.717) is 0 Å². The summed E-state index contributed by atoms with van der Waals surface area (Å²) >= 11 is 3.52. The van der Waals surface area contributed by atoms with Crippen LogP contribution in [0.2, 0.25) is 0 Å². The molecule has 0 bridgehead atoms. The SMILES string of the molecule is COc1cc(C(C)(C)C)cc(CBr)c1C. The van der Waals surface area contributed by atoms with Crippen LogP contribution in [0.5, 0.6) is 5.75 Å². The molecular weight excluding hydrogens is 252 g/mol. The molecule has 0 radical (unpaired) electrons. The summed E-state index contributed by atoms with van der Waals surface area (Å²) in [6, 6.07) is 4.40. The molecule has 0 saturated carbocycles. The first-order valence-electron chi connectivity index (χ1n) is 5.14. The molecule has 0 heterocycles. The van der Waals surface area contributed by atoms with E-state index >= 15 is 0 Å². The molecule has 84 valence electrons. The maximum Gasteiger partial charge on any atom is 0.122 e. The van der Waals surface area contributed by atoms with Crippen molar-refractivity contribution >= 4 is 15.9 Å². The van der Waals surface area contributed by atoms with E-state index in [-0.39, 0.29) is 5.41 Å². The lowest BCUT2D eigenvalue weighted by Crippen LogP contribution is -2.12. The summed E-state index contributed by atoms with van der Waals surface area (Å²) < 4.78 is 5.40. The van der Waals surface area contributed by atoms with Gasteiger partial charge in [0.05, 0.1) is 7.11 Å². The third-order valence-electron chi connectivity index (χ3n) is 2.70. The van der Waals surface area contributed by atoms with E-state index in [9.17, 15) is 0 Å². The average Bonchev–Trinajstić information content (AvgIpc) is 2.16. The minimum Gasteiger partial charge on any atom is -0.496 e. The van der Waals surface area contributed by atoms with E-state index in [4.69, 9.17) is 4.74 Å². The second-order valence-electron chi connectivity index (χ2n) is 4.85. The molecule has 2 heteroatoms. The van der Waals surface area contributed by atoms with Crippen LogP contribution in [0.4, 0.5) is 0 Å². The highest BCUT2D eigenvalue weighted by Gasteiger charge is 2.17. The lowest BCUT2D eigenvalue weighted by molar-refractivity contribution is 0.409. The molecule has 0 spiro atoms. The van der Waals surface area contributed by atoms with Gasteiger partial charge >= 0.3 is 0 Å². The molecule has 0 aliphatic heterocycles. The van der Waals surface area contributed by atoms with Gasteiger partial charge in [-0.05, 0) is 35.1 Å². The molecule has 1 aromatic carbocycles. The number of rotatable bonds is 2. The molecule has 0 amide bonds. The van der Waals surface area contributed by atoms with Gasteiger partial charge in [0.2, 0.25) is 0 Å². The molecule has 0 aliphatic carbocycles. The zero-order valence-electron chi connectivity index (χ0n) is 10.1. The summed E-state index contributed by atoms with van der Waals surface area (Å²) in [5, 5.41) is 0.874. The first-order valence-corrected chi connectivity index (χ1v) is 6.26. The smallest absolute Gasteiger partial charge is 0.122 e. The van der Waals surface area contributed by atoms with Crippen LogP contribution in [-0.2, 0) is 10.7 Å². The number of halogens is 1. The molecule has 0 atom stereocenters. The van der Waals surface area contributed by atoms with Gasteiger partial charge in [-0.15, -0.1) is 0 Å². The van der Waals surface area contributed by atoms with Crippen molar-refractivity contribution in [3.8, 4) is 5.75 Å². The fourth-order valence-corrected chi connectivity index (χ4v) is 2.11. The molecule has 1 nitrogen and oxygen atoms in total. The van der Waals surface area contributed by atoms with Gasteiger partial charge < -0.3 is 4.74 Å². The second kappa shape index (κ2) is 4.56. The Bertz CT molecular complexity index is 325. The van der Waals surface area contributed by atoms with Gasteiger partial charge in [-0.25, -0.2) is 0 Å². The van der Waals surface area contributed by atoms with Crippen LogP contribution in [0.3, 0.4) is 0 Å². The Morgan fingerprint density at radius 1 is 1.27 bits per heavy atom. The van der Waals surface area contributed by atoms with E-state index in [1.807, 2.05) is 0 Å². The van der Waals surface area contributed by atoms with Crippen LogP contribution in [-0.4, -0.2) is 7.11 Å². The van der Waals surface area contributed by atoms with Crippen molar-refractivity contribution in [2.45, 2.75) is 38.4 Å². The zero-order chi connectivity index (χ0) is 11.6. The van der Waals surface area contributed by atoms with E-state index in [1.165, 1.54) is 16.7 Å². The van der Waals surface area contributed by atoms with E-state index in [1.54, 1.807) is 7.11 Å². The monoisotopic (exact) mass is 270 g/mol. The topological polar surface area (TPSA) is 9.23 Å². The van der Waals surface area contributed by atoms with Crippen molar-refractivity contribution in [2.24, 2.45) is 0 Å². The Labute approximate surface area is 101 Å². The fourth-order valence-electron chi connectivity index (χ4n) is 1.53. The number of methoxy groups -OCH3 is 1. The summed E-state index contributed by atoms with van der Waals surface area (Å²) in [5.74, 6) is 0.983. The van der Waals surface area contributed by atoms with E-state index in [0.717, 1.165) is 11.1 Å². The van der Waals surface area contributed by atoms with Gasteiger partial charge in [0.1, 0.15) is 5.75 Å². The van der Waals surface area contributed by atoms with Crippen LogP contribution >= 0.6 is 15.9 Å². The molecule has 1 rings (SSSR count). The summed E-state index contributed by atoms with van der Waals surface area (Å²) in [7, 11) is 1.73. The zero-order valence-corrected chi connectivity index (χ0v) is 11.7. The van der Waals surface area contributed by atoms with Crippen LogP contribution in [0.1, 0.15) is 37.5 Å². The minimum atomic E-state index is 0.165. The Morgan fingerprint density at radius 2 is 1.87 bits per heavy atom. The van der Waals surface area contributed by atoms with Crippen LogP contribution in [0, 0.1) is 6.92 Å². The molecule has 0 N–H and O–H groups in total. The Balaban J connectivity index is 3.33. The first-order chi connectivity index (χ1) is 6.90. The maximum absolute atomic E-state index is 5.40. The number of benzene rings is 1. The van der Waals surface area contributed by atoms with Gasteiger partial charge in [0, 0.05) is 5.33 Å². The first kappa shape index (κ1) is 12.6. The molecule has 0 saturated heterocycles. The van der Waals surface area contributed by atoms with Crippen molar-refractivity contribution in [1.29, 1.82) is 0 Å². The lowest BCUT2D eigenvalue weighted by Gasteiger charge is -2.22. The molecule has 1 aromatic rings. The molecule has 0 fully saturated rings. The van der Waals surface area contributed by atoms with Crippen molar-refractivity contribution in [3.63, 3.8) is 0 Å². The summed E-state index contributed by atoms with van der Waals surface area (Å²) in [5.41, 5.74) is 4.01.